The van der Waals surface area contributed by atoms with E-state index < -0.39 is 13.4 Å². The molecule has 15 heavy (non-hydrogen) atoms. The second kappa shape index (κ2) is 3.73. The zero-order valence-corrected chi connectivity index (χ0v) is 8.54. The van der Waals surface area contributed by atoms with Crippen LogP contribution in [0.25, 0.3) is 0 Å². The van der Waals surface area contributed by atoms with Gasteiger partial charge in [0.15, 0.2) is 0 Å². The van der Waals surface area contributed by atoms with Crippen LogP contribution >= 0.6 is 7.60 Å². The van der Waals surface area contributed by atoms with Gasteiger partial charge in [0.05, 0.1) is 5.71 Å². The SMILES string of the molecule is O=P(O)(O)C1CC(c2ccncc2)=NO1. The second-order valence-corrected chi connectivity index (χ2v) is 4.88. The highest BCUT2D eigenvalue weighted by atomic mass is 31.2. The summed E-state index contributed by atoms with van der Waals surface area (Å²) in [6.07, 6.45) is 3.29. The van der Waals surface area contributed by atoms with Gasteiger partial charge in [-0.15, -0.1) is 0 Å². The molecule has 1 aliphatic rings. The van der Waals surface area contributed by atoms with Gasteiger partial charge in [-0.3, -0.25) is 9.55 Å². The molecule has 1 unspecified atom stereocenters. The summed E-state index contributed by atoms with van der Waals surface area (Å²) < 4.78 is 10.9. The van der Waals surface area contributed by atoms with Crippen molar-refractivity contribution in [2.24, 2.45) is 5.16 Å². The van der Waals surface area contributed by atoms with E-state index in [2.05, 4.69) is 15.0 Å². The molecule has 2 heterocycles. The molecule has 0 aromatic carbocycles. The third-order valence-electron chi connectivity index (χ3n) is 2.04. The topological polar surface area (TPSA) is 92.0 Å². The van der Waals surface area contributed by atoms with E-state index in [1.165, 1.54) is 0 Å². The summed E-state index contributed by atoms with van der Waals surface area (Å²) in [5, 5.41) is 3.65. The van der Waals surface area contributed by atoms with Gasteiger partial charge in [0, 0.05) is 24.4 Å². The zero-order chi connectivity index (χ0) is 10.9. The van der Waals surface area contributed by atoms with Crippen molar-refractivity contribution in [1.82, 2.24) is 4.98 Å². The minimum absolute atomic E-state index is 0.119. The Balaban J connectivity index is 2.14. The summed E-state index contributed by atoms with van der Waals surface area (Å²) in [5.41, 5.74) is 1.30. The van der Waals surface area contributed by atoms with Crippen LogP contribution in [0.15, 0.2) is 29.7 Å². The Morgan fingerprint density at radius 3 is 2.60 bits per heavy atom. The summed E-state index contributed by atoms with van der Waals surface area (Å²) in [6, 6.07) is 3.43. The van der Waals surface area contributed by atoms with E-state index in [0.717, 1.165) is 5.56 Å². The van der Waals surface area contributed by atoms with Crippen LogP contribution < -0.4 is 0 Å². The van der Waals surface area contributed by atoms with Crippen molar-refractivity contribution in [3.63, 3.8) is 0 Å². The number of aromatic nitrogens is 1. The molecule has 7 heteroatoms. The van der Waals surface area contributed by atoms with Crippen molar-refractivity contribution in [3.8, 4) is 0 Å². The van der Waals surface area contributed by atoms with E-state index >= 15 is 0 Å². The van der Waals surface area contributed by atoms with Crippen LogP contribution in [0.2, 0.25) is 0 Å². The number of nitrogens with zero attached hydrogens (tertiary/aromatic N) is 2. The minimum atomic E-state index is -4.22. The van der Waals surface area contributed by atoms with E-state index in [1.54, 1.807) is 24.5 Å². The van der Waals surface area contributed by atoms with Gasteiger partial charge in [0.1, 0.15) is 0 Å². The largest absolute Gasteiger partial charge is 0.379 e. The van der Waals surface area contributed by atoms with Crippen LogP contribution in [-0.2, 0) is 9.40 Å². The molecular formula is C8H9N2O4P. The quantitative estimate of drug-likeness (QED) is 0.727. The Kier molecular flexibility index (Phi) is 2.56. The molecule has 0 amide bonds. The monoisotopic (exact) mass is 228 g/mol. The summed E-state index contributed by atoms with van der Waals surface area (Å²) in [6.45, 7) is 0. The van der Waals surface area contributed by atoms with Crippen molar-refractivity contribution in [2.45, 2.75) is 12.3 Å². The zero-order valence-electron chi connectivity index (χ0n) is 7.65. The molecule has 0 spiro atoms. The molecule has 2 rings (SSSR count). The summed E-state index contributed by atoms with van der Waals surface area (Å²) in [4.78, 5) is 26.3. The molecule has 1 atom stereocenters. The third-order valence-corrected chi connectivity index (χ3v) is 3.07. The first kappa shape index (κ1) is 10.3. The molecule has 2 N–H and O–H groups in total. The van der Waals surface area contributed by atoms with E-state index in [1.807, 2.05) is 0 Å². The Hall–Kier alpha value is -1.23. The van der Waals surface area contributed by atoms with Crippen molar-refractivity contribution in [3.05, 3.63) is 30.1 Å². The van der Waals surface area contributed by atoms with Crippen molar-refractivity contribution in [2.75, 3.05) is 0 Å². The number of hydrogen-bond donors (Lipinski definition) is 2. The summed E-state index contributed by atoms with van der Waals surface area (Å²) >= 11 is 0. The predicted molar refractivity (Wildman–Crippen MR) is 52.3 cm³/mol. The highest BCUT2D eigenvalue weighted by Gasteiger charge is 2.36. The molecule has 0 fully saturated rings. The first-order chi connectivity index (χ1) is 7.07. The molecule has 1 aromatic heterocycles. The second-order valence-electron chi connectivity index (χ2n) is 3.13. The van der Waals surface area contributed by atoms with Gasteiger partial charge in [0.25, 0.3) is 0 Å². The van der Waals surface area contributed by atoms with E-state index in [-0.39, 0.29) is 6.42 Å². The standard InChI is InChI=1S/C8H9N2O4P/c11-15(12,13)8-5-7(10-14-8)6-1-3-9-4-2-6/h1-4,8H,5H2,(H2,11,12,13). The average molecular weight is 228 g/mol. The summed E-state index contributed by atoms with van der Waals surface area (Å²) in [5.74, 6) is -1.15. The lowest BCUT2D eigenvalue weighted by atomic mass is 10.1. The third kappa shape index (κ3) is 2.23. The average Bonchev–Trinajstić information content (AvgIpc) is 2.67. The van der Waals surface area contributed by atoms with Crippen LogP contribution in [0.5, 0.6) is 0 Å². The maximum absolute atomic E-state index is 10.9. The smallest absolute Gasteiger partial charge is 0.368 e. The lowest BCUT2D eigenvalue weighted by Gasteiger charge is -2.08. The van der Waals surface area contributed by atoms with E-state index in [0.29, 0.717) is 5.71 Å². The molecule has 0 radical (unpaired) electrons. The van der Waals surface area contributed by atoms with Crippen LogP contribution in [-0.4, -0.2) is 26.3 Å². The Labute approximate surface area is 85.8 Å². The Morgan fingerprint density at radius 1 is 1.40 bits per heavy atom. The molecule has 6 nitrogen and oxygen atoms in total. The van der Waals surface area contributed by atoms with Crippen LogP contribution in [0.3, 0.4) is 0 Å². The Morgan fingerprint density at radius 2 is 2.07 bits per heavy atom. The molecule has 1 aromatic rings. The van der Waals surface area contributed by atoms with E-state index in [4.69, 9.17) is 9.79 Å². The van der Waals surface area contributed by atoms with Gasteiger partial charge in [-0.1, -0.05) is 5.16 Å². The highest BCUT2D eigenvalue weighted by Crippen LogP contribution is 2.46. The van der Waals surface area contributed by atoms with Crippen LogP contribution in [0, 0.1) is 0 Å². The summed E-state index contributed by atoms with van der Waals surface area (Å²) in [7, 11) is -4.22. The number of oxime groups is 1. The highest BCUT2D eigenvalue weighted by molar-refractivity contribution is 7.52. The fourth-order valence-corrected chi connectivity index (χ4v) is 1.84. The minimum Gasteiger partial charge on any atom is -0.379 e. The number of hydrogen-bond acceptors (Lipinski definition) is 4. The first-order valence-electron chi connectivity index (χ1n) is 4.25. The van der Waals surface area contributed by atoms with Gasteiger partial charge in [0.2, 0.25) is 5.85 Å². The molecule has 0 aliphatic carbocycles. The fraction of sp³-hybridized carbons (Fsp3) is 0.250. The first-order valence-corrected chi connectivity index (χ1v) is 5.94. The normalized spacial score (nSPS) is 20.9. The number of pyridine rings is 1. The van der Waals surface area contributed by atoms with Gasteiger partial charge >= 0.3 is 7.60 Å². The number of rotatable bonds is 2. The van der Waals surface area contributed by atoms with E-state index in [9.17, 15) is 4.57 Å². The maximum Gasteiger partial charge on any atom is 0.368 e. The van der Waals surface area contributed by atoms with Crippen molar-refractivity contribution >= 4 is 13.3 Å². The molecular weight excluding hydrogens is 219 g/mol. The van der Waals surface area contributed by atoms with Crippen molar-refractivity contribution in [1.29, 1.82) is 0 Å². The molecule has 0 bridgehead atoms. The molecule has 0 saturated heterocycles. The van der Waals surface area contributed by atoms with Crippen LogP contribution in [0.1, 0.15) is 12.0 Å². The van der Waals surface area contributed by atoms with Gasteiger partial charge in [-0.2, -0.15) is 0 Å². The van der Waals surface area contributed by atoms with Crippen molar-refractivity contribution < 1.29 is 19.2 Å². The fourth-order valence-electron chi connectivity index (χ4n) is 1.26. The maximum atomic E-state index is 10.9. The molecule has 80 valence electrons. The predicted octanol–water partition coefficient (Wildman–Crippen LogP) is 0.710. The molecule has 0 saturated carbocycles. The molecule has 1 aliphatic heterocycles. The lowest BCUT2D eigenvalue weighted by molar-refractivity contribution is 0.117. The Bertz CT molecular complexity index is 428. The van der Waals surface area contributed by atoms with Gasteiger partial charge < -0.3 is 14.6 Å². The van der Waals surface area contributed by atoms with Gasteiger partial charge in [-0.05, 0) is 12.1 Å². The van der Waals surface area contributed by atoms with Gasteiger partial charge in [-0.25, -0.2) is 0 Å². The lowest BCUT2D eigenvalue weighted by Crippen LogP contribution is -2.08. The van der Waals surface area contributed by atoms with Crippen LogP contribution in [0.4, 0.5) is 0 Å².